The Morgan fingerprint density at radius 3 is 2.36 bits per heavy atom. The van der Waals surface area contributed by atoms with E-state index in [-0.39, 0.29) is 11.7 Å². The van der Waals surface area contributed by atoms with Gasteiger partial charge in [0.05, 0.1) is 12.0 Å². The summed E-state index contributed by atoms with van der Waals surface area (Å²) >= 11 is 7.79. The van der Waals surface area contributed by atoms with Crippen molar-refractivity contribution in [2.24, 2.45) is 5.10 Å². The predicted molar refractivity (Wildman–Crippen MR) is 150 cm³/mol. The number of carbonyl (C=O) groups is 1. The van der Waals surface area contributed by atoms with Crippen LogP contribution in [-0.4, -0.2) is 17.9 Å². The zero-order valence-corrected chi connectivity index (χ0v) is 20.9. The van der Waals surface area contributed by atoms with Crippen LogP contribution in [0, 0.1) is 0 Å². The molecule has 0 fully saturated rings. The van der Waals surface area contributed by atoms with Gasteiger partial charge in [-0.3, -0.25) is 4.79 Å². The number of ether oxygens (including phenoxy) is 1. The van der Waals surface area contributed by atoms with E-state index in [9.17, 15) is 4.79 Å². The second-order valence-electron chi connectivity index (χ2n) is 8.14. The van der Waals surface area contributed by atoms with Crippen molar-refractivity contribution >= 4 is 57.0 Å². The summed E-state index contributed by atoms with van der Waals surface area (Å²) < 4.78 is 6.12. The largest absolute Gasteiger partial charge is 0.488 e. The zero-order chi connectivity index (χ0) is 24.7. The lowest BCUT2D eigenvalue weighted by molar-refractivity contribution is -0.118. The van der Waals surface area contributed by atoms with Crippen LogP contribution in [0.1, 0.15) is 11.1 Å². The average molecular weight is 511 g/mol. The Morgan fingerprint density at radius 2 is 1.53 bits per heavy atom. The lowest BCUT2D eigenvalue weighted by Gasteiger charge is -2.12. The summed E-state index contributed by atoms with van der Waals surface area (Å²) in [5, 5.41) is 9.24. The van der Waals surface area contributed by atoms with Gasteiger partial charge in [0, 0.05) is 21.0 Å². The smallest absolute Gasteiger partial charge is 0.250 e. The quantitative estimate of drug-likeness (QED) is 0.134. The molecule has 0 aliphatic heterocycles. The summed E-state index contributed by atoms with van der Waals surface area (Å²) in [5.41, 5.74) is 4.35. The summed E-state index contributed by atoms with van der Waals surface area (Å²) in [6.07, 6.45) is 1.64. The number of nitrogens with one attached hydrogen (secondary N) is 1. The van der Waals surface area contributed by atoms with Crippen molar-refractivity contribution in [3.8, 4) is 5.75 Å². The van der Waals surface area contributed by atoms with Gasteiger partial charge in [0.1, 0.15) is 12.4 Å². The standard InChI is InChI=1S/C30H23ClN2O2S/c31-27-14-6-3-10-23(27)19-35-28-17-16-22-9-1-4-12-24(22)26(28)18-32-33-30(34)20-36-29-15-7-11-21-8-2-5-13-25(21)29/h1-18H,19-20H2,(H,33,34)/b32-18+. The Kier molecular flexibility index (Phi) is 7.50. The highest BCUT2D eigenvalue weighted by Gasteiger charge is 2.10. The minimum Gasteiger partial charge on any atom is -0.488 e. The summed E-state index contributed by atoms with van der Waals surface area (Å²) in [7, 11) is 0. The van der Waals surface area contributed by atoms with Crippen molar-refractivity contribution in [1.82, 2.24) is 5.43 Å². The second-order valence-corrected chi connectivity index (χ2v) is 9.56. The number of hydrazone groups is 1. The number of hydrogen-bond acceptors (Lipinski definition) is 4. The molecule has 0 bridgehead atoms. The van der Waals surface area contributed by atoms with Crippen LogP contribution in [0.5, 0.6) is 5.75 Å². The third-order valence-electron chi connectivity index (χ3n) is 5.76. The van der Waals surface area contributed by atoms with Gasteiger partial charge in [-0.1, -0.05) is 96.5 Å². The molecule has 0 atom stereocenters. The highest BCUT2D eigenvalue weighted by atomic mass is 35.5. The fourth-order valence-electron chi connectivity index (χ4n) is 3.97. The summed E-state index contributed by atoms with van der Waals surface area (Å²) in [6, 6.07) is 33.8. The fourth-order valence-corrected chi connectivity index (χ4v) is 5.03. The number of carbonyl (C=O) groups excluding carboxylic acids is 1. The summed E-state index contributed by atoms with van der Waals surface area (Å²) in [4.78, 5) is 13.6. The van der Waals surface area contributed by atoms with Crippen LogP contribution in [0.2, 0.25) is 5.02 Å². The van der Waals surface area contributed by atoms with Crippen LogP contribution >= 0.6 is 23.4 Å². The molecule has 178 valence electrons. The number of fused-ring (bicyclic) bond motifs is 2. The molecule has 0 heterocycles. The zero-order valence-electron chi connectivity index (χ0n) is 19.4. The lowest BCUT2D eigenvalue weighted by atomic mass is 10.0. The molecular weight excluding hydrogens is 488 g/mol. The minimum absolute atomic E-state index is 0.178. The molecule has 36 heavy (non-hydrogen) atoms. The van der Waals surface area contributed by atoms with Crippen LogP contribution in [0.4, 0.5) is 0 Å². The number of rotatable bonds is 8. The molecule has 0 aliphatic rings. The molecule has 6 heteroatoms. The molecule has 5 rings (SSSR count). The Hall–Kier alpha value is -3.80. The molecule has 0 unspecified atom stereocenters. The Labute approximate surface area is 218 Å². The number of hydrogen-bond donors (Lipinski definition) is 1. The van der Waals surface area contributed by atoms with Gasteiger partial charge in [-0.15, -0.1) is 11.8 Å². The van der Waals surface area contributed by atoms with E-state index in [0.29, 0.717) is 17.4 Å². The van der Waals surface area contributed by atoms with Gasteiger partial charge in [-0.25, -0.2) is 5.43 Å². The molecule has 0 saturated heterocycles. The predicted octanol–water partition coefficient (Wildman–Crippen LogP) is 7.47. The first-order valence-corrected chi connectivity index (χ1v) is 12.9. The van der Waals surface area contributed by atoms with Crippen molar-refractivity contribution in [2.45, 2.75) is 11.5 Å². The van der Waals surface area contributed by atoms with E-state index in [1.807, 2.05) is 84.9 Å². The van der Waals surface area contributed by atoms with Crippen molar-refractivity contribution in [1.29, 1.82) is 0 Å². The van der Waals surface area contributed by atoms with Gasteiger partial charge >= 0.3 is 0 Å². The van der Waals surface area contributed by atoms with Gasteiger partial charge in [0.2, 0.25) is 5.91 Å². The average Bonchev–Trinajstić information content (AvgIpc) is 2.92. The first-order valence-electron chi connectivity index (χ1n) is 11.5. The first kappa shape index (κ1) is 23.9. The number of nitrogens with zero attached hydrogens (tertiary/aromatic N) is 1. The number of benzene rings is 5. The van der Waals surface area contributed by atoms with Gasteiger partial charge in [-0.2, -0.15) is 5.10 Å². The molecule has 5 aromatic rings. The van der Waals surface area contributed by atoms with Crippen LogP contribution in [-0.2, 0) is 11.4 Å². The van der Waals surface area contributed by atoms with E-state index in [2.05, 4.69) is 28.7 Å². The van der Waals surface area contributed by atoms with E-state index in [0.717, 1.165) is 37.6 Å². The first-order chi connectivity index (χ1) is 17.7. The van der Waals surface area contributed by atoms with E-state index < -0.39 is 0 Å². The van der Waals surface area contributed by atoms with Crippen molar-refractivity contribution < 1.29 is 9.53 Å². The Morgan fingerprint density at radius 1 is 0.833 bits per heavy atom. The van der Waals surface area contributed by atoms with Crippen molar-refractivity contribution in [3.63, 3.8) is 0 Å². The molecular formula is C30H23ClN2O2S. The van der Waals surface area contributed by atoms with E-state index in [4.69, 9.17) is 16.3 Å². The highest BCUT2D eigenvalue weighted by Crippen LogP contribution is 2.29. The topological polar surface area (TPSA) is 50.7 Å². The van der Waals surface area contributed by atoms with E-state index in [1.165, 1.54) is 11.8 Å². The third-order valence-corrected chi connectivity index (χ3v) is 7.21. The normalized spacial score (nSPS) is 11.2. The van der Waals surface area contributed by atoms with Crippen molar-refractivity contribution in [2.75, 3.05) is 5.75 Å². The minimum atomic E-state index is -0.178. The molecule has 0 saturated carbocycles. The maximum atomic E-state index is 12.5. The molecule has 0 aliphatic carbocycles. The number of amides is 1. The maximum Gasteiger partial charge on any atom is 0.250 e. The second kappa shape index (κ2) is 11.3. The van der Waals surface area contributed by atoms with Crippen LogP contribution in [0.3, 0.4) is 0 Å². The highest BCUT2D eigenvalue weighted by molar-refractivity contribution is 8.00. The Bertz CT molecular complexity index is 1560. The Balaban J connectivity index is 1.30. The summed E-state index contributed by atoms with van der Waals surface area (Å²) in [5.74, 6) is 0.747. The molecule has 0 aromatic heterocycles. The summed E-state index contributed by atoms with van der Waals surface area (Å²) in [6.45, 7) is 0.326. The van der Waals surface area contributed by atoms with Crippen molar-refractivity contribution in [3.05, 3.63) is 119 Å². The van der Waals surface area contributed by atoms with Gasteiger partial charge < -0.3 is 4.74 Å². The molecule has 1 N–H and O–H groups in total. The van der Waals surface area contributed by atoms with Crippen LogP contribution in [0.25, 0.3) is 21.5 Å². The monoisotopic (exact) mass is 510 g/mol. The van der Waals surface area contributed by atoms with E-state index >= 15 is 0 Å². The molecule has 0 spiro atoms. The number of thioether (sulfide) groups is 1. The molecule has 5 aromatic carbocycles. The van der Waals surface area contributed by atoms with Gasteiger partial charge in [0.15, 0.2) is 0 Å². The lowest BCUT2D eigenvalue weighted by Crippen LogP contribution is -2.19. The number of halogens is 1. The molecule has 0 radical (unpaired) electrons. The van der Waals surface area contributed by atoms with Crippen LogP contribution in [0.15, 0.2) is 113 Å². The fraction of sp³-hybridized carbons (Fsp3) is 0.0667. The molecule has 4 nitrogen and oxygen atoms in total. The van der Waals surface area contributed by atoms with Gasteiger partial charge in [-0.05, 0) is 39.7 Å². The third kappa shape index (κ3) is 5.54. The van der Waals surface area contributed by atoms with Crippen LogP contribution < -0.4 is 10.2 Å². The molecule has 1 amide bonds. The van der Waals surface area contributed by atoms with Gasteiger partial charge in [0.25, 0.3) is 0 Å². The maximum absolute atomic E-state index is 12.5. The SMILES string of the molecule is O=C(CSc1cccc2ccccc12)N/N=C/c1c(OCc2ccccc2Cl)ccc2ccccc12. The van der Waals surface area contributed by atoms with E-state index in [1.54, 1.807) is 6.21 Å².